The molecule has 2 fully saturated rings. The highest BCUT2D eigenvalue weighted by atomic mass is 19.1. The van der Waals surface area contributed by atoms with E-state index in [2.05, 4.69) is 12.2 Å². The molecule has 1 aromatic rings. The minimum atomic E-state index is -0.341. The molecule has 0 bridgehead atoms. The van der Waals surface area contributed by atoms with Gasteiger partial charge in [0.05, 0.1) is 6.42 Å². The Kier molecular flexibility index (Phi) is 6.83. The first-order valence-corrected chi connectivity index (χ1v) is 10.0. The zero-order valence-electron chi connectivity index (χ0n) is 16.1. The van der Waals surface area contributed by atoms with Crippen molar-refractivity contribution < 1.29 is 14.0 Å². The maximum atomic E-state index is 13.7. The average Bonchev–Trinajstić information content (AvgIpc) is 2.70. The Morgan fingerprint density at radius 3 is 2.30 bits per heavy atom. The molecule has 148 valence electrons. The lowest BCUT2D eigenvalue weighted by Crippen LogP contribution is -2.51. The van der Waals surface area contributed by atoms with Crippen LogP contribution in [0.25, 0.3) is 0 Å². The Hall–Kier alpha value is -1.95. The summed E-state index contributed by atoms with van der Waals surface area (Å²) in [5.41, 5.74) is 0.428. The highest BCUT2D eigenvalue weighted by Crippen LogP contribution is 2.25. The minimum absolute atomic E-state index is 0.0738. The van der Waals surface area contributed by atoms with Gasteiger partial charge < -0.3 is 15.1 Å². The van der Waals surface area contributed by atoms with Gasteiger partial charge in [0.15, 0.2) is 0 Å². The van der Waals surface area contributed by atoms with Crippen LogP contribution in [0.3, 0.4) is 0 Å². The Labute approximate surface area is 160 Å². The molecule has 0 saturated carbocycles. The fourth-order valence-corrected chi connectivity index (χ4v) is 4.11. The monoisotopic (exact) mass is 375 g/mol. The molecule has 2 aliphatic rings. The van der Waals surface area contributed by atoms with Crippen molar-refractivity contribution in [3.05, 3.63) is 35.6 Å². The van der Waals surface area contributed by atoms with E-state index in [9.17, 15) is 14.0 Å². The van der Waals surface area contributed by atoms with Gasteiger partial charge in [0, 0.05) is 32.6 Å². The Morgan fingerprint density at radius 1 is 1.07 bits per heavy atom. The standard InChI is InChI=1S/C21H30FN3O2/c1-16(17-6-8-23-9-7-17)14-20(26)24-10-12-25(13-11-24)21(27)15-18-4-2-3-5-19(18)22/h2-5,16-17,23H,6-15H2,1H3. The van der Waals surface area contributed by atoms with E-state index in [-0.39, 0.29) is 24.1 Å². The Balaban J connectivity index is 1.44. The highest BCUT2D eigenvalue weighted by molar-refractivity contribution is 5.80. The van der Waals surface area contributed by atoms with Crippen molar-refractivity contribution in [1.82, 2.24) is 15.1 Å². The predicted octanol–water partition coefficient (Wildman–Crippen LogP) is 2.06. The second-order valence-electron chi connectivity index (χ2n) is 7.80. The smallest absolute Gasteiger partial charge is 0.227 e. The summed E-state index contributed by atoms with van der Waals surface area (Å²) in [7, 11) is 0. The molecule has 27 heavy (non-hydrogen) atoms. The zero-order valence-corrected chi connectivity index (χ0v) is 16.1. The van der Waals surface area contributed by atoms with E-state index >= 15 is 0 Å². The summed E-state index contributed by atoms with van der Waals surface area (Å²) in [4.78, 5) is 28.7. The van der Waals surface area contributed by atoms with Crippen molar-refractivity contribution in [2.75, 3.05) is 39.3 Å². The van der Waals surface area contributed by atoms with Crippen LogP contribution in [0, 0.1) is 17.7 Å². The van der Waals surface area contributed by atoms with E-state index in [1.54, 1.807) is 23.1 Å². The summed E-state index contributed by atoms with van der Waals surface area (Å²) in [6, 6.07) is 6.39. The van der Waals surface area contributed by atoms with Gasteiger partial charge in [0.2, 0.25) is 11.8 Å². The topological polar surface area (TPSA) is 52.7 Å². The Bertz CT molecular complexity index is 653. The number of benzene rings is 1. The number of rotatable bonds is 5. The van der Waals surface area contributed by atoms with Crippen LogP contribution < -0.4 is 5.32 Å². The van der Waals surface area contributed by atoms with Crippen molar-refractivity contribution >= 4 is 11.8 Å². The van der Waals surface area contributed by atoms with Crippen LogP contribution in [-0.4, -0.2) is 60.9 Å². The lowest BCUT2D eigenvalue weighted by Gasteiger charge is -2.36. The molecule has 2 aliphatic heterocycles. The van der Waals surface area contributed by atoms with E-state index < -0.39 is 0 Å². The number of amides is 2. The van der Waals surface area contributed by atoms with E-state index in [1.165, 1.54) is 6.07 Å². The number of halogens is 1. The van der Waals surface area contributed by atoms with Crippen molar-refractivity contribution in [3.63, 3.8) is 0 Å². The molecular weight excluding hydrogens is 345 g/mol. The first-order valence-electron chi connectivity index (χ1n) is 10.0. The van der Waals surface area contributed by atoms with Gasteiger partial charge in [0.1, 0.15) is 5.82 Å². The summed E-state index contributed by atoms with van der Waals surface area (Å²) in [5, 5.41) is 3.37. The second-order valence-corrected chi connectivity index (χ2v) is 7.80. The third-order valence-corrected chi connectivity index (χ3v) is 5.97. The highest BCUT2D eigenvalue weighted by Gasteiger charge is 2.27. The maximum absolute atomic E-state index is 13.7. The van der Waals surface area contributed by atoms with Gasteiger partial charge in [-0.2, -0.15) is 0 Å². The van der Waals surface area contributed by atoms with Crippen LogP contribution in [0.2, 0.25) is 0 Å². The van der Waals surface area contributed by atoms with Crippen LogP contribution in [-0.2, 0) is 16.0 Å². The van der Waals surface area contributed by atoms with Crippen molar-refractivity contribution in [2.45, 2.75) is 32.6 Å². The van der Waals surface area contributed by atoms with Crippen molar-refractivity contribution in [1.29, 1.82) is 0 Å². The van der Waals surface area contributed by atoms with Crippen LogP contribution in [0.5, 0.6) is 0 Å². The first-order chi connectivity index (χ1) is 13.0. The minimum Gasteiger partial charge on any atom is -0.339 e. The van der Waals surface area contributed by atoms with E-state index in [1.807, 2.05) is 4.90 Å². The van der Waals surface area contributed by atoms with E-state index in [0.717, 1.165) is 25.9 Å². The number of nitrogens with zero attached hydrogens (tertiary/aromatic N) is 2. The normalized spacial score (nSPS) is 19.8. The second kappa shape index (κ2) is 9.31. The lowest BCUT2D eigenvalue weighted by atomic mass is 9.84. The third kappa shape index (κ3) is 5.28. The quantitative estimate of drug-likeness (QED) is 0.857. The summed E-state index contributed by atoms with van der Waals surface area (Å²) in [6.07, 6.45) is 2.96. The van der Waals surface area contributed by atoms with E-state index in [4.69, 9.17) is 0 Å². The largest absolute Gasteiger partial charge is 0.339 e. The van der Waals surface area contributed by atoms with Gasteiger partial charge in [-0.25, -0.2) is 4.39 Å². The molecular formula is C21H30FN3O2. The number of hydrogen-bond acceptors (Lipinski definition) is 3. The van der Waals surface area contributed by atoms with Gasteiger partial charge in [-0.1, -0.05) is 25.1 Å². The number of nitrogens with one attached hydrogen (secondary N) is 1. The molecule has 3 rings (SSSR count). The number of piperidine rings is 1. The molecule has 2 heterocycles. The first kappa shape index (κ1) is 19.8. The van der Waals surface area contributed by atoms with Gasteiger partial charge in [0.25, 0.3) is 0 Å². The molecule has 6 heteroatoms. The van der Waals surface area contributed by atoms with E-state index in [0.29, 0.717) is 50.0 Å². The summed E-state index contributed by atoms with van der Waals surface area (Å²) < 4.78 is 13.7. The lowest BCUT2D eigenvalue weighted by molar-refractivity contribution is -0.140. The third-order valence-electron chi connectivity index (χ3n) is 5.97. The molecule has 1 N–H and O–H groups in total. The predicted molar refractivity (Wildman–Crippen MR) is 103 cm³/mol. The number of piperazine rings is 1. The van der Waals surface area contributed by atoms with Gasteiger partial charge in [-0.05, 0) is 49.4 Å². The van der Waals surface area contributed by atoms with Gasteiger partial charge in [-0.3, -0.25) is 9.59 Å². The molecule has 2 saturated heterocycles. The average molecular weight is 375 g/mol. The maximum Gasteiger partial charge on any atom is 0.227 e. The van der Waals surface area contributed by atoms with Gasteiger partial charge >= 0.3 is 0 Å². The molecule has 0 aromatic heterocycles. The van der Waals surface area contributed by atoms with Gasteiger partial charge in [-0.15, -0.1) is 0 Å². The molecule has 1 aromatic carbocycles. The van der Waals surface area contributed by atoms with Crippen molar-refractivity contribution in [2.24, 2.45) is 11.8 Å². The summed E-state index contributed by atoms with van der Waals surface area (Å²) in [6.45, 7) is 6.48. The number of carbonyl (C=O) groups is 2. The molecule has 0 aliphatic carbocycles. The SMILES string of the molecule is CC(CC(=O)N1CCN(C(=O)Cc2ccccc2F)CC1)C1CCNCC1. The van der Waals surface area contributed by atoms with Crippen molar-refractivity contribution in [3.8, 4) is 0 Å². The molecule has 1 unspecified atom stereocenters. The molecule has 2 amide bonds. The van der Waals surface area contributed by atoms with Crippen LogP contribution in [0.1, 0.15) is 31.7 Å². The summed E-state index contributed by atoms with van der Waals surface area (Å²) in [5.74, 6) is 0.809. The fourth-order valence-electron chi connectivity index (χ4n) is 4.11. The zero-order chi connectivity index (χ0) is 19.2. The van der Waals surface area contributed by atoms with Crippen LogP contribution >= 0.6 is 0 Å². The molecule has 5 nitrogen and oxygen atoms in total. The summed E-state index contributed by atoms with van der Waals surface area (Å²) >= 11 is 0. The fraction of sp³-hybridized carbons (Fsp3) is 0.619. The Morgan fingerprint density at radius 2 is 1.67 bits per heavy atom. The van der Waals surface area contributed by atoms with Crippen LogP contribution in [0.4, 0.5) is 4.39 Å². The molecule has 1 atom stereocenters. The van der Waals surface area contributed by atoms with Crippen LogP contribution in [0.15, 0.2) is 24.3 Å². The molecule has 0 spiro atoms. The number of carbonyl (C=O) groups excluding carboxylic acids is 2. The molecule has 0 radical (unpaired) electrons. The number of hydrogen-bond donors (Lipinski definition) is 1.